The van der Waals surface area contributed by atoms with E-state index in [1.807, 2.05) is 31.2 Å². The van der Waals surface area contributed by atoms with Crippen molar-refractivity contribution in [3.8, 4) is 0 Å². The fourth-order valence-electron chi connectivity index (χ4n) is 6.44. The summed E-state index contributed by atoms with van der Waals surface area (Å²) in [7, 11) is 0.421. The molecule has 202 valence electrons. The van der Waals surface area contributed by atoms with Crippen LogP contribution < -0.4 is 10.2 Å². The molecule has 6 rings (SSSR count). The van der Waals surface area contributed by atoms with Crippen molar-refractivity contribution in [2.75, 3.05) is 25.5 Å². The second-order valence-corrected chi connectivity index (χ2v) is 13.0. The third-order valence-electron chi connectivity index (χ3n) is 8.81. The Hall–Kier alpha value is -3.62. The van der Waals surface area contributed by atoms with Gasteiger partial charge in [0.05, 0.1) is 28.2 Å². The normalized spacial score (nSPS) is 23.6. The lowest BCUT2D eigenvalue weighted by Gasteiger charge is -2.48. The number of aryl methyl sites for hydroxylation is 1. The van der Waals surface area contributed by atoms with E-state index in [-0.39, 0.29) is 22.0 Å². The number of carbonyl (C=O) groups excluding carboxylic acids is 1. The Morgan fingerprint density at radius 3 is 2.15 bits per heavy atom. The fraction of sp³-hybridized carbons (Fsp3) is 0.323. The Labute approximate surface area is 230 Å². The minimum atomic E-state index is -3.84. The van der Waals surface area contributed by atoms with Gasteiger partial charge in [0.25, 0.3) is 10.0 Å². The lowest BCUT2D eigenvalue weighted by atomic mass is 9.69. The Balaban J connectivity index is 1.33. The highest BCUT2D eigenvalue weighted by Gasteiger charge is 2.50. The first-order chi connectivity index (χ1) is 18.7. The molecule has 4 aromatic rings. The van der Waals surface area contributed by atoms with Crippen molar-refractivity contribution in [3.63, 3.8) is 0 Å². The maximum atomic E-state index is 13.7. The van der Waals surface area contributed by atoms with E-state index in [9.17, 15) is 13.2 Å². The number of nitrogens with zero attached hydrogens (tertiary/aromatic N) is 3. The molecule has 8 heteroatoms. The third-order valence-corrected chi connectivity index (χ3v) is 10.5. The highest BCUT2D eigenvalue weighted by Crippen LogP contribution is 2.47. The van der Waals surface area contributed by atoms with Gasteiger partial charge < -0.3 is 5.32 Å². The fourth-order valence-corrected chi connectivity index (χ4v) is 7.80. The number of fused-ring (bicyclic) bond motifs is 1. The van der Waals surface area contributed by atoms with E-state index in [2.05, 4.69) is 48.6 Å². The lowest BCUT2D eigenvalue weighted by Crippen LogP contribution is -2.54. The smallest absolute Gasteiger partial charge is 0.322 e. The van der Waals surface area contributed by atoms with Crippen molar-refractivity contribution in [2.24, 2.45) is 0 Å². The lowest BCUT2D eigenvalue weighted by molar-refractivity contribution is 0.0658. The molecule has 0 radical (unpaired) electrons. The molecular weight excluding hydrogens is 508 g/mol. The molecule has 3 aromatic carbocycles. The van der Waals surface area contributed by atoms with Gasteiger partial charge in [-0.2, -0.15) is 0 Å². The van der Waals surface area contributed by atoms with Gasteiger partial charge in [-0.15, -0.1) is 0 Å². The first-order valence-electron chi connectivity index (χ1n) is 13.4. The van der Waals surface area contributed by atoms with Crippen molar-refractivity contribution in [3.05, 3.63) is 96.2 Å². The molecule has 2 fully saturated rings. The van der Waals surface area contributed by atoms with E-state index in [4.69, 9.17) is 0 Å². The minimum absolute atomic E-state index is 0.0806. The van der Waals surface area contributed by atoms with Crippen LogP contribution >= 0.6 is 0 Å². The van der Waals surface area contributed by atoms with Crippen LogP contribution in [-0.2, 0) is 15.6 Å². The number of carbonyl (C=O) groups is 1. The SMILES string of the molecule is Cc1ccc(S(=O)(=O)n2cc(N3C[C@]4(CC[C@](c5ccccc5)(N(C)C)CC4)NC3=O)c3ccccc32)cc1. The van der Waals surface area contributed by atoms with Crippen LogP contribution in [0.5, 0.6) is 0 Å². The number of aromatic nitrogens is 1. The summed E-state index contributed by atoms with van der Waals surface area (Å²) in [4.78, 5) is 17.7. The zero-order valence-electron chi connectivity index (χ0n) is 22.6. The quantitative estimate of drug-likeness (QED) is 0.362. The predicted octanol–water partition coefficient (Wildman–Crippen LogP) is 5.49. The van der Waals surface area contributed by atoms with Crippen molar-refractivity contribution < 1.29 is 13.2 Å². The maximum Gasteiger partial charge on any atom is 0.322 e. The number of anilines is 1. The van der Waals surface area contributed by atoms with Crippen LogP contribution in [-0.4, -0.2) is 49.5 Å². The zero-order valence-corrected chi connectivity index (χ0v) is 23.4. The summed E-state index contributed by atoms with van der Waals surface area (Å²) in [5.74, 6) is 0. The number of urea groups is 1. The summed E-state index contributed by atoms with van der Waals surface area (Å²) in [5.41, 5.74) is 3.02. The topological polar surface area (TPSA) is 74.7 Å². The molecule has 0 unspecified atom stereocenters. The van der Waals surface area contributed by atoms with Crippen molar-refractivity contribution in [1.29, 1.82) is 0 Å². The Morgan fingerprint density at radius 2 is 1.49 bits per heavy atom. The standard InChI is InChI=1S/C31H34N4O3S/c1-23-13-15-25(16-14-23)39(37,38)35-21-28(26-11-7-8-12-27(26)35)34-22-30(32-29(34)36)17-19-31(20-18-30,33(2)3)24-9-5-4-6-10-24/h4-16,21H,17-20,22H2,1-3H3,(H,32,36)/t30-,31+. The van der Waals surface area contributed by atoms with E-state index in [0.29, 0.717) is 17.7 Å². The zero-order chi connectivity index (χ0) is 27.4. The molecule has 39 heavy (non-hydrogen) atoms. The Morgan fingerprint density at radius 1 is 0.846 bits per heavy atom. The number of amides is 2. The number of para-hydroxylation sites is 1. The van der Waals surface area contributed by atoms with Crippen LogP contribution in [0.15, 0.2) is 90.0 Å². The minimum Gasteiger partial charge on any atom is -0.330 e. The molecule has 1 spiro atoms. The Bertz CT molecular complexity index is 1630. The van der Waals surface area contributed by atoms with E-state index in [1.165, 1.54) is 9.54 Å². The van der Waals surface area contributed by atoms with Crippen molar-refractivity contribution >= 4 is 32.6 Å². The average Bonchev–Trinajstić information content (AvgIpc) is 3.48. The molecule has 0 bridgehead atoms. The summed E-state index contributed by atoms with van der Waals surface area (Å²) in [6, 6.07) is 24.7. The van der Waals surface area contributed by atoms with Crippen LogP contribution in [0, 0.1) is 6.92 Å². The maximum absolute atomic E-state index is 13.7. The average molecular weight is 543 g/mol. The molecule has 2 aliphatic rings. The molecule has 2 heterocycles. The van der Waals surface area contributed by atoms with Gasteiger partial charge in [-0.1, -0.05) is 66.2 Å². The second-order valence-electron chi connectivity index (χ2n) is 11.2. The molecule has 1 saturated carbocycles. The summed E-state index contributed by atoms with van der Waals surface area (Å²) in [5, 5.41) is 4.05. The van der Waals surface area contributed by atoms with Gasteiger partial charge in [0, 0.05) is 17.1 Å². The number of nitrogens with one attached hydrogen (secondary N) is 1. The molecule has 1 aliphatic carbocycles. The van der Waals surface area contributed by atoms with Gasteiger partial charge in [0.1, 0.15) is 0 Å². The largest absolute Gasteiger partial charge is 0.330 e. The van der Waals surface area contributed by atoms with Crippen molar-refractivity contribution in [1.82, 2.24) is 14.2 Å². The molecule has 0 atom stereocenters. The van der Waals surface area contributed by atoms with Crippen LogP contribution in [0.1, 0.15) is 36.8 Å². The Kier molecular flexibility index (Phi) is 6.08. The molecule has 2 amide bonds. The van der Waals surface area contributed by atoms with Crippen LogP contribution in [0.25, 0.3) is 10.9 Å². The number of hydrogen-bond donors (Lipinski definition) is 1. The summed E-state index contributed by atoms with van der Waals surface area (Å²) < 4.78 is 28.7. The van der Waals surface area contributed by atoms with Crippen LogP contribution in [0.3, 0.4) is 0 Å². The summed E-state index contributed by atoms with van der Waals surface area (Å²) >= 11 is 0. The van der Waals surface area contributed by atoms with Gasteiger partial charge in [-0.05, 0) is 70.5 Å². The van der Waals surface area contributed by atoms with Crippen LogP contribution in [0.4, 0.5) is 10.5 Å². The molecule has 1 saturated heterocycles. The van der Waals surface area contributed by atoms with E-state index >= 15 is 0 Å². The van der Waals surface area contributed by atoms with Gasteiger partial charge in [-0.25, -0.2) is 17.2 Å². The van der Waals surface area contributed by atoms with E-state index in [1.54, 1.807) is 41.4 Å². The highest BCUT2D eigenvalue weighted by atomic mass is 32.2. The van der Waals surface area contributed by atoms with E-state index < -0.39 is 10.0 Å². The molecular formula is C31H34N4O3S. The monoisotopic (exact) mass is 542 g/mol. The molecule has 1 aromatic heterocycles. The second kappa shape index (κ2) is 9.24. The van der Waals surface area contributed by atoms with Gasteiger partial charge >= 0.3 is 6.03 Å². The van der Waals surface area contributed by atoms with Crippen molar-refractivity contribution in [2.45, 2.75) is 48.6 Å². The number of rotatable bonds is 5. The van der Waals surface area contributed by atoms with E-state index in [0.717, 1.165) is 36.6 Å². The molecule has 1 N–H and O–H groups in total. The summed E-state index contributed by atoms with van der Waals surface area (Å²) in [6.07, 6.45) is 5.12. The van der Waals surface area contributed by atoms with Gasteiger partial charge in [0.15, 0.2) is 0 Å². The predicted molar refractivity (Wildman–Crippen MR) is 155 cm³/mol. The van der Waals surface area contributed by atoms with Gasteiger partial charge in [-0.3, -0.25) is 9.80 Å². The molecule has 7 nitrogen and oxygen atoms in total. The first kappa shape index (κ1) is 25.6. The first-order valence-corrected chi connectivity index (χ1v) is 14.8. The molecule has 1 aliphatic heterocycles. The number of benzene rings is 3. The third kappa shape index (κ3) is 4.13. The number of hydrogen-bond acceptors (Lipinski definition) is 4. The highest BCUT2D eigenvalue weighted by molar-refractivity contribution is 7.90. The summed E-state index contributed by atoms with van der Waals surface area (Å²) in [6.45, 7) is 2.43. The van der Waals surface area contributed by atoms with Gasteiger partial charge in [0.2, 0.25) is 0 Å². The van der Waals surface area contributed by atoms with Crippen LogP contribution in [0.2, 0.25) is 0 Å².